The lowest BCUT2D eigenvalue weighted by Crippen LogP contribution is -2.00. The van der Waals surface area contributed by atoms with E-state index >= 15 is 0 Å². The highest BCUT2D eigenvalue weighted by atomic mass is 32.1. The molecular formula is C14H14N2O2S. The molecule has 0 aromatic carbocycles. The average Bonchev–Trinajstić information content (AvgIpc) is 2.68. The number of pyridine rings is 1. The fourth-order valence-electron chi connectivity index (χ4n) is 2.60. The van der Waals surface area contributed by atoms with Crippen molar-refractivity contribution in [1.29, 1.82) is 0 Å². The number of nitrogens with zero attached hydrogens (tertiary/aromatic N) is 2. The molecule has 3 aromatic heterocycles. The monoisotopic (exact) mass is 274 g/mol. The van der Waals surface area contributed by atoms with Gasteiger partial charge in [-0.05, 0) is 31.4 Å². The number of rotatable bonds is 1. The van der Waals surface area contributed by atoms with Gasteiger partial charge in [-0.3, -0.25) is 0 Å². The second kappa shape index (κ2) is 4.13. The Bertz CT molecular complexity index is 861. The smallest absolute Gasteiger partial charge is 0.357 e. The lowest BCUT2D eigenvalue weighted by atomic mass is 10.0. The van der Waals surface area contributed by atoms with Gasteiger partial charge < -0.3 is 4.42 Å². The molecule has 0 fully saturated rings. The SMILES string of the molecule is CCc1c(C)nc2sc3c(=O)oc(C)nc3c2c1C. The Hall–Kier alpha value is -1.75. The van der Waals surface area contributed by atoms with Crippen LogP contribution in [0.2, 0.25) is 0 Å². The zero-order valence-electron chi connectivity index (χ0n) is 11.3. The molecule has 3 rings (SSSR count). The number of hydrogen-bond acceptors (Lipinski definition) is 5. The summed E-state index contributed by atoms with van der Waals surface area (Å²) in [6, 6.07) is 0. The lowest BCUT2D eigenvalue weighted by molar-refractivity contribution is 0.468. The van der Waals surface area contributed by atoms with E-state index in [4.69, 9.17) is 4.42 Å². The summed E-state index contributed by atoms with van der Waals surface area (Å²) >= 11 is 1.36. The quantitative estimate of drug-likeness (QED) is 0.683. The van der Waals surface area contributed by atoms with E-state index in [-0.39, 0.29) is 5.63 Å². The molecule has 3 heterocycles. The molecule has 0 unspecified atom stereocenters. The molecule has 0 spiro atoms. The molecule has 4 nitrogen and oxygen atoms in total. The highest BCUT2D eigenvalue weighted by molar-refractivity contribution is 7.25. The molecule has 0 aliphatic rings. The van der Waals surface area contributed by atoms with Crippen molar-refractivity contribution in [2.45, 2.75) is 34.1 Å². The van der Waals surface area contributed by atoms with Crippen LogP contribution < -0.4 is 5.63 Å². The third-order valence-corrected chi connectivity index (χ3v) is 4.50. The first-order chi connectivity index (χ1) is 9.02. The minimum Gasteiger partial charge on any atom is -0.408 e. The van der Waals surface area contributed by atoms with Crippen molar-refractivity contribution >= 4 is 31.8 Å². The van der Waals surface area contributed by atoms with Crippen LogP contribution in [0.25, 0.3) is 20.4 Å². The molecule has 0 aliphatic heterocycles. The Labute approximate surface area is 114 Å². The first kappa shape index (κ1) is 12.3. The van der Waals surface area contributed by atoms with Crippen molar-refractivity contribution in [2.75, 3.05) is 0 Å². The summed E-state index contributed by atoms with van der Waals surface area (Å²) in [6.07, 6.45) is 0.929. The summed E-state index contributed by atoms with van der Waals surface area (Å²) in [6.45, 7) is 7.90. The molecule has 0 atom stereocenters. The van der Waals surface area contributed by atoms with Gasteiger partial charge in [0.2, 0.25) is 0 Å². The predicted molar refractivity (Wildman–Crippen MR) is 77.0 cm³/mol. The first-order valence-corrected chi connectivity index (χ1v) is 7.04. The predicted octanol–water partition coefficient (Wildman–Crippen LogP) is 3.29. The highest BCUT2D eigenvalue weighted by Gasteiger charge is 2.17. The molecule has 98 valence electrons. The minimum absolute atomic E-state index is 0.319. The molecule has 0 saturated heterocycles. The number of hydrogen-bond donors (Lipinski definition) is 0. The van der Waals surface area contributed by atoms with Crippen molar-refractivity contribution in [3.8, 4) is 0 Å². The third-order valence-electron chi connectivity index (χ3n) is 3.45. The Balaban J connectivity index is 2.61. The van der Waals surface area contributed by atoms with Crippen molar-refractivity contribution in [2.24, 2.45) is 0 Å². The van der Waals surface area contributed by atoms with E-state index in [9.17, 15) is 4.79 Å². The second-order valence-corrected chi connectivity index (χ2v) is 5.63. The molecule has 0 saturated carbocycles. The van der Waals surface area contributed by atoms with Crippen LogP contribution in [-0.4, -0.2) is 9.97 Å². The van der Waals surface area contributed by atoms with Crippen LogP contribution in [0.15, 0.2) is 9.21 Å². The maximum Gasteiger partial charge on any atom is 0.357 e. The Kier molecular flexibility index (Phi) is 2.67. The molecule has 5 heteroatoms. The Morgan fingerprint density at radius 3 is 2.63 bits per heavy atom. The minimum atomic E-state index is -0.319. The van der Waals surface area contributed by atoms with Gasteiger partial charge in [0.1, 0.15) is 15.0 Å². The fourth-order valence-corrected chi connectivity index (χ4v) is 3.69. The Morgan fingerprint density at radius 2 is 1.95 bits per heavy atom. The zero-order valence-corrected chi connectivity index (χ0v) is 12.1. The van der Waals surface area contributed by atoms with Crippen LogP contribution in [-0.2, 0) is 6.42 Å². The van der Waals surface area contributed by atoms with E-state index in [1.807, 2.05) is 6.92 Å². The van der Waals surface area contributed by atoms with Crippen LogP contribution in [0.4, 0.5) is 0 Å². The van der Waals surface area contributed by atoms with Crippen LogP contribution in [0.5, 0.6) is 0 Å². The van der Waals surface area contributed by atoms with Gasteiger partial charge in [0.05, 0.1) is 0 Å². The summed E-state index contributed by atoms with van der Waals surface area (Å²) in [5.74, 6) is 0.398. The van der Waals surface area contributed by atoms with E-state index < -0.39 is 0 Å². The van der Waals surface area contributed by atoms with Gasteiger partial charge in [0.25, 0.3) is 0 Å². The topological polar surface area (TPSA) is 56.0 Å². The summed E-state index contributed by atoms with van der Waals surface area (Å²) in [5, 5.41) is 0.999. The molecule has 0 amide bonds. The van der Waals surface area contributed by atoms with Crippen LogP contribution >= 0.6 is 11.3 Å². The van der Waals surface area contributed by atoms with Crippen molar-refractivity contribution in [3.05, 3.63) is 33.1 Å². The number of aromatic nitrogens is 2. The van der Waals surface area contributed by atoms with Gasteiger partial charge in [-0.25, -0.2) is 14.8 Å². The van der Waals surface area contributed by atoms with E-state index in [1.165, 1.54) is 22.5 Å². The van der Waals surface area contributed by atoms with Gasteiger partial charge >= 0.3 is 5.63 Å². The van der Waals surface area contributed by atoms with Crippen LogP contribution in [0, 0.1) is 20.8 Å². The van der Waals surface area contributed by atoms with E-state index in [0.29, 0.717) is 10.6 Å². The van der Waals surface area contributed by atoms with Crippen LogP contribution in [0.3, 0.4) is 0 Å². The molecular weight excluding hydrogens is 260 g/mol. The van der Waals surface area contributed by atoms with Gasteiger partial charge in [-0.1, -0.05) is 6.92 Å². The molecule has 0 bridgehead atoms. The molecule has 0 radical (unpaired) electrons. The van der Waals surface area contributed by atoms with Gasteiger partial charge in [-0.15, -0.1) is 11.3 Å². The van der Waals surface area contributed by atoms with E-state index in [1.54, 1.807) is 6.92 Å². The summed E-state index contributed by atoms with van der Waals surface area (Å²) in [7, 11) is 0. The fraction of sp³-hybridized carbons (Fsp3) is 0.357. The van der Waals surface area contributed by atoms with Crippen molar-refractivity contribution < 1.29 is 4.42 Å². The average molecular weight is 274 g/mol. The highest BCUT2D eigenvalue weighted by Crippen LogP contribution is 2.34. The second-order valence-electron chi connectivity index (χ2n) is 4.63. The summed E-state index contributed by atoms with van der Waals surface area (Å²) < 4.78 is 5.62. The summed E-state index contributed by atoms with van der Waals surface area (Å²) in [4.78, 5) is 21.8. The number of fused-ring (bicyclic) bond motifs is 3. The standard InChI is InChI=1S/C14H14N2O2S/c1-5-9-6(2)10-11-12(14(17)18-8(4)16-11)19-13(10)15-7(9)3/h5H2,1-4H3. The summed E-state index contributed by atoms with van der Waals surface area (Å²) in [5.41, 5.74) is 3.85. The maximum absolute atomic E-state index is 11.9. The van der Waals surface area contributed by atoms with Crippen molar-refractivity contribution in [3.63, 3.8) is 0 Å². The first-order valence-electron chi connectivity index (χ1n) is 6.23. The van der Waals surface area contributed by atoms with Crippen LogP contribution in [0.1, 0.15) is 29.6 Å². The lowest BCUT2D eigenvalue weighted by Gasteiger charge is -2.07. The van der Waals surface area contributed by atoms with Gasteiger partial charge in [0.15, 0.2) is 5.89 Å². The van der Waals surface area contributed by atoms with E-state index in [0.717, 1.165) is 27.8 Å². The number of thiophene rings is 1. The van der Waals surface area contributed by atoms with Gasteiger partial charge in [0, 0.05) is 18.0 Å². The molecule has 19 heavy (non-hydrogen) atoms. The third kappa shape index (κ3) is 1.69. The maximum atomic E-state index is 11.9. The number of aryl methyl sites for hydroxylation is 3. The zero-order chi connectivity index (χ0) is 13.7. The normalized spacial score (nSPS) is 11.6. The molecule has 0 N–H and O–H groups in total. The van der Waals surface area contributed by atoms with E-state index in [2.05, 4.69) is 23.8 Å². The van der Waals surface area contributed by atoms with Crippen molar-refractivity contribution in [1.82, 2.24) is 9.97 Å². The molecule has 3 aromatic rings. The Morgan fingerprint density at radius 1 is 1.21 bits per heavy atom. The molecule has 0 aliphatic carbocycles. The largest absolute Gasteiger partial charge is 0.408 e. The van der Waals surface area contributed by atoms with Gasteiger partial charge in [-0.2, -0.15) is 0 Å².